The maximum absolute atomic E-state index is 10.4. The van der Waals surface area contributed by atoms with Crippen LogP contribution in [0, 0.1) is 11.3 Å². The van der Waals surface area contributed by atoms with E-state index in [1.165, 1.54) is 17.3 Å². The molecule has 0 aliphatic carbocycles. The normalized spacial score (nSPS) is 9.14. The Morgan fingerprint density at radius 1 is 1.79 bits per heavy atom. The molecule has 0 unspecified atom stereocenters. The van der Waals surface area contributed by atoms with Crippen LogP contribution >= 0.6 is 0 Å². The topological polar surface area (TPSA) is 77.2 Å². The zero-order chi connectivity index (χ0) is 10.6. The first-order chi connectivity index (χ1) is 6.65. The maximum atomic E-state index is 10.4. The fourth-order valence-corrected chi connectivity index (χ4v) is 1.09. The van der Waals surface area contributed by atoms with E-state index >= 15 is 0 Å². The number of anilines is 1. The Bertz CT molecular complexity index is 384. The fraction of sp³-hybridized carbons (Fsp3) is 0.222. The second kappa shape index (κ2) is 4.23. The molecule has 0 spiro atoms. The van der Waals surface area contributed by atoms with Crippen LogP contribution in [0.1, 0.15) is 5.56 Å². The summed E-state index contributed by atoms with van der Waals surface area (Å²) in [7, 11) is 1.62. The minimum atomic E-state index is -0.937. The molecule has 0 aromatic carbocycles. The van der Waals surface area contributed by atoms with Gasteiger partial charge in [-0.25, -0.2) is 0 Å². The Morgan fingerprint density at radius 2 is 2.50 bits per heavy atom. The van der Waals surface area contributed by atoms with Gasteiger partial charge in [-0.15, -0.1) is 0 Å². The number of aliphatic carboxylic acids is 1. The summed E-state index contributed by atoms with van der Waals surface area (Å²) in [4.78, 5) is 15.7. The highest BCUT2D eigenvalue weighted by Crippen LogP contribution is 2.15. The number of nitrogens with zero attached hydrogens (tertiary/aromatic N) is 3. The van der Waals surface area contributed by atoms with Gasteiger partial charge in [0.05, 0.1) is 11.3 Å². The molecule has 14 heavy (non-hydrogen) atoms. The molecule has 0 aliphatic rings. The second-order valence-electron chi connectivity index (χ2n) is 2.75. The zero-order valence-corrected chi connectivity index (χ0v) is 7.64. The lowest BCUT2D eigenvalue weighted by atomic mass is 10.2. The van der Waals surface area contributed by atoms with Crippen molar-refractivity contribution in [3.05, 3.63) is 24.0 Å². The molecular formula is C9H9N3O2. The summed E-state index contributed by atoms with van der Waals surface area (Å²) >= 11 is 0. The van der Waals surface area contributed by atoms with Crippen LogP contribution < -0.4 is 4.90 Å². The lowest BCUT2D eigenvalue weighted by Gasteiger charge is -2.17. The number of nitriles is 1. The van der Waals surface area contributed by atoms with E-state index < -0.39 is 5.97 Å². The minimum absolute atomic E-state index is 0.140. The van der Waals surface area contributed by atoms with Crippen LogP contribution in [0.3, 0.4) is 0 Å². The monoisotopic (exact) mass is 191 g/mol. The van der Waals surface area contributed by atoms with Gasteiger partial charge in [-0.1, -0.05) is 0 Å². The van der Waals surface area contributed by atoms with Crippen LogP contribution in [0.15, 0.2) is 18.5 Å². The highest BCUT2D eigenvalue weighted by Gasteiger charge is 2.09. The first kappa shape index (κ1) is 9.99. The number of carbonyl (C=O) groups is 1. The molecule has 1 heterocycles. The molecule has 5 heteroatoms. The molecule has 1 aromatic heterocycles. The van der Waals surface area contributed by atoms with Gasteiger partial charge < -0.3 is 10.0 Å². The van der Waals surface area contributed by atoms with Gasteiger partial charge in [-0.3, -0.25) is 9.78 Å². The van der Waals surface area contributed by atoms with Crippen LogP contribution in [0.4, 0.5) is 5.69 Å². The lowest BCUT2D eigenvalue weighted by Crippen LogP contribution is -2.25. The van der Waals surface area contributed by atoms with Crippen LogP contribution in [0.2, 0.25) is 0 Å². The Kier molecular flexibility index (Phi) is 3.02. The summed E-state index contributed by atoms with van der Waals surface area (Å²) < 4.78 is 0. The summed E-state index contributed by atoms with van der Waals surface area (Å²) in [6.45, 7) is -0.140. The number of likely N-dealkylation sites (N-methyl/N-ethyl adjacent to an activating group) is 1. The van der Waals surface area contributed by atoms with E-state index in [4.69, 9.17) is 10.4 Å². The Morgan fingerprint density at radius 3 is 3.07 bits per heavy atom. The Labute approximate surface area is 81.2 Å². The number of aromatic nitrogens is 1. The van der Waals surface area contributed by atoms with E-state index in [1.807, 2.05) is 6.07 Å². The number of rotatable bonds is 3. The van der Waals surface area contributed by atoms with Gasteiger partial charge in [0, 0.05) is 19.4 Å². The maximum Gasteiger partial charge on any atom is 0.323 e. The first-order valence-electron chi connectivity index (χ1n) is 3.92. The van der Waals surface area contributed by atoms with Crippen LogP contribution in [0.25, 0.3) is 0 Å². The molecule has 0 aliphatic heterocycles. The Balaban J connectivity index is 2.95. The molecule has 0 saturated carbocycles. The molecule has 0 saturated heterocycles. The summed E-state index contributed by atoms with van der Waals surface area (Å²) in [6, 6.07) is 3.57. The molecule has 0 radical (unpaired) electrons. The van der Waals surface area contributed by atoms with Crippen molar-refractivity contribution in [3.63, 3.8) is 0 Å². The average molecular weight is 191 g/mol. The summed E-state index contributed by atoms with van der Waals surface area (Å²) in [5, 5.41) is 17.3. The van der Waals surface area contributed by atoms with Gasteiger partial charge in [0.25, 0.3) is 0 Å². The molecule has 0 atom stereocenters. The largest absolute Gasteiger partial charge is 0.480 e. The van der Waals surface area contributed by atoms with Crippen molar-refractivity contribution in [1.29, 1.82) is 5.26 Å². The van der Waals surface area contributed by atoms with E-state index in [0.29, 0.717) is 11.3 Å². The summed E-state index contributed by atoms with van der Waals surface area (Å²) in [5.74, 6) is -0.937. The molecule has 0 fully saturated rings. The fourth-order valence-electron chi connectivity index (χ4n) is 1.09. The molecule has 72 valence electrons. The van der Waals surface area contributed by atoms with Gasteiger partial charge in [-0.2, -0.15) is 5.26 Å². The van der Waals surface area contributed by atoms with Crippen molar-refractivity contribution < 1.29 is 9.90 Å². The van der Waals surface area contributed by atoms with Gasteiger partial charge in [0.1, 0.15) is 12.6 Å². The third-order valence-electron chi connectivity index (χ3n) is 1.70. The predicted octanol–water partition coefficient (Wildman–Crippen LogP) is 0.474. The van der Waals surface area contributed by atoms with Gasteiger partial charge in [0.15, 0.2) is 0 Å². The van der Waals surface area contributed by atoms with Gasteiger partial charge in [-0.05, 0) is 6.07 Å². The van der Waals surface area contributed by atoms with Crippen LogP contribution in [-0.4, -0.2) is 29.7 Å². The molecule has 0 amide bonds. The highest BCUT2D eigenvalue weighted by atomic mass is 16.4. The number of carboxylic acids is 1. The molecule has 5 nitrogen and oxygen atoms in total. The number of carboxylic acid groups (broad SMARTS) is 1. The predicted molar refractivity (Wildman–Crippen MR) is 49.9 cm³/mol. The number of hydrogen-bond acceptors (Lipinski definition) is 4. The van der Waals surface area contributed by atoms with E-state index in [-0.39, 0.29) is 6.54 Å². The molecule has 1 N–H and O–H groups in total. The standard InChI is InChI=1S/C9H9N3O2/c1-12(6-9(13)14)8-2-3-11-5-7(8)4-10/h2-3,5H,6H2,1H3,(H,13,14). The molecular weight excluding hydrogens is 182 g/mol. The third-order valence-corrected chi connectivity index (χ3v) is 1.70. The van der Waals surface area contributed by atoms with E-state index in [9.17, 15) is 4.79 Å². The van der Waals surface area contributed by atoms with Crippen molar-refractivity contribution >= 4 is 11.7 Å². The van der Waals surface area contributed by atoms with Crippen molar-refractivity contribution in [2.75, 3.05) is 18.5 Å². The van der Waals surface area contributed by atoms with Crippen molar-refractivity contribution in [2.24, 2.45) is 0 Å². The van der Waals surface area contributed by atoms with Crippen LogP contribution in [0.5, 0.6) is 0 Å². The summed E-state index contributed by atoms with van der Waals surface area (Å²) in [5.41, 5.74) is 0.946. The first-order valence-corrected chi connectivity index (χ1v) is 3.92. The van der Waals surface area contributed by atoms with Gasteiger partial charge in [0.2, 0.25) is 0 Å². The van der Waals surface area contributed by atoms with Crippen molar-refractivity contribution in [2.45, 2.75) is 0 Å². The molecule has 1 rings (SSSR count). The zero-order valence-electron chi connectivity index (χ0n) is 7.64. The van der Waals surface area contributed by atoms with Gasteiger partial charge >= 0.3 is 5.97 Å². The number of pyridine rings is 1. The quantitative estimate of drug-likeness (QED) is 0.751. The van der Waals surface area contributed by atoms with E-state index in [1.54, 1.807) is 13.1 Å². The summed E-state index contributed by atoms with van der Waals surface area (Å²) in [6.07, 6.45) is 2.93. The van der Waals surface area contributed by atoms with Crippen LogP contribution in [-0.2, 0) is 4.79 Å². The smallest absolute Gasteiger partial charge is 0.323 e. The SMILES string of the molecule is CN(CC(=O)O)c1ccncc1C#N. The molecule has 0 bridgehead atoms. The Hall–Kier alpha value is -2.09. The average Bonchev–Trinajstić information content (AvgIpc) is 2.16. The van der Waals surface area contributed by atoms with E-state index in [0.717, 1.165) is 0 Å². The second-order valence-corrected chi connectivity index (χ2v) is 2.75. The minimum Gasteiger partial charge on any atom is -0.480 e. The lowest BCUT2D eigenvalue weighted by molar-refractivity contribution is -0.135. The number of hydrogen-bond donors (Lipinski definition) is 1. The molecule has 1 aromatic rings. The van der Waals surface area contributed by atoms with Crippen molar-refractivity contribution in [3.8, 4) is 6.07 Å². The third kappa shape index (κ3) is 2.20. The van der Waals surface area contributed by atoms with Crippen molar-refractivity contribution in [1.82, 2.24) is 4.98 Å². The van der Waals surface area contributed by atoms with E-state index in [2.05, 4.69) is 4.98 Å². The highest BCUT2D eigenvalue weighted by molar-refractivity contribution is 5.74.